The van der Waals surface area contributed by atoms with Gasteiger partial charge in [-0.1, -0.05) is 23.9 Å². The maximum Gasteiger partial charge on any atom is 0.243 e. The van der Waals surface area contributed by atoms with Crippen molar-refractivity contribution in [3.05, 3.63) is 35.4 Å². The zero-order valence-electron chi connectivity index (χ0n) is 10.1. The minimum atomic E-state index is 0.146. The van der Waals surface area contributed by atoms with Gasteiger partial charge in [-0.25, -0.2) is 4.99 Å². The van der Waals surface area contributed by atoms with Crippen LogP contribution in [0.15, 0.2) is 29.3 Å². The highest BCUT2D eigenvalue weighted by molar-refractivity contribution is 8.15. The number of benzene rings is 2. The van der Waals surface area contributed by atoms with Crippen molar-refractivity contribution in [3.63, 3.8) is 0 Å². The van der Waals surface area contributed by atoms with Crippen LogP contribution < -0.4 is 4.90 Å². The number of thioether (sulfide) groups is 1. The Morgan fingerprint density at radius 1 is 1.05 bits per heavy atom. The Labute approximate surface area is 114 Å². The molecule has 1 fully saturated rings. The van der Waals surface area contributed by atoms with Crippen LogP contribution >= 0.6 is 11.8 Å². The van der Waals surface area contributed by atoms with Crippen molar-refractivity contribution < 1.29 is 4.79 Å². The summed E-state index contributed by atoms with van der Waals surface area (Å²) in [4.78, 5) is 18.5. The molecule has 0 spiro atoms. The van der Waals surface area contributed by atoms with E-state index in [1.54, 1.807) is 4.90 Å². The van der Waals surface area contributed by atoms with Gasteiger partial charge in [-0.2, -0.15) is 0 Å². The molecule has 5 rings (SSSR count). The van der Waals surface area contributed by atoms with Crippen LogP contribution in [-0.2, 0) is 17.6 Å². The van der Waals surface area contributed by atoms with E-state index in [1.807, 2.05) is 0 Å². The van der Waals surface area contributed by atoms with Gasteiger partial charge in [-0.15, -0.1) is 0 Å². The van der Waals surface area contributed by atoms with Gasteiger partial charge in [0.1, 0.15) is 0 Å². The summed E-state index contributed by atoms with van der Waals surface area (Å²) in [5, 5.41) is 3.34. The molecule has 0 N–H and O–H groups in total. The Kier molecular flexibility index (Phi) is 1.69. The van der Waals surface area contributed by atoms with Crippen LogP contribution in [0.5, 0.6) is 0 Å². The Bertz CT molecular complexity index is 799. The fraction of sp³-hybridized carbons (Fsp3) is 0.200. The second-order valence-corrected chi connectivity index (χ2v) is 6.09. The average Bonchev–Trinajstić information content (AvgIpc) is 3.01. The largest absolute Gasteiger partial charge is 0.273 e. The molecule has 4 heteroatoms. The van der Waals surface area contributed by atoms with Crippen molar-refractivity contribution >= 4 is 45.0 Å². The van der Waals surface area contributed by atoms with E-state index in [1.165, 1.54) is 33.7 Å². The third kappa shape index (κ3) is 1.11. The Balaban J connectivity index is 1.98. The molecule has 0 aromatic heterocycles. The van der Waals surface area contributed by atoms with Crippen LogP contribution in [0.4, 0.5) is 11.4 Å². The van der Waals surface area contributed by atoms with Crippen molar-refractivity contribution in [2.45, 2.75) is 12.8 Å². The van der Waals surface area contributed by atoms with Gasteiger partial charge in [-0.3, -0.25) is 9.69 Å². The molecule has 1 saturated heterocycles. The number of anilines is 1. The van der Waals surface area contributed by atoms with E-state index >= 15 is 0 Å². The van der Waals surface area contributed by atoms with Gasteiger partial charge in [-0.05, 0) is 41.5 Å². The first kappa shape index (κ1) is 10.0. The lowest BCUT2D eigenvalue weighted by Crippen LogP contribution is -2.30. The van der Waals surface area contributed by atoms with Crippen LogP contribution in [0.2, 0.25) is 0 Å². The molecular formula is C15H10N2OS. The van der Waals surface area contributed by atoms with Crippen molar-refractivity contribution in [1.29, 1.82) is 0 Å². The lowest BCUT2D eigenvalue weighted by Gasteiger charge is -2.24. The second kappa shape index (κ2) is 3.20. The monoisotopic (exact) mass is 266 g/mol. The molecule has 1 aliphatic carbocycles. The van der Waals surface area contributed by atoms with Crippen LogP contribution in [0.1, 0.15) is 11.1 Å². The zero-order valence-corrected chi connectivity index (χ0v) is 11.0. The molecule has 2 aromatic rings. The average molecular weight is 266 g/mol. The fourth-order valence-electron chi connectivity index (χ4n) is 3.36. The van der Waals surface area contributed by atoms with Crippen molar-refractivity contribution in [1.82, 2.24) is 0 Å². The second-order valence-electron chi connectivity index (χ2n) is 5.15. The third-order valence-electron chi connectivity index (χ3n) is 4.18. The Morgan fingerprint density at radius 3 is 2.68 bits per heavy atom. The summed E-state index contributed by atoms with van der Waals surface area (Å²) in [7, 11) is 0. The van der Waals surface area contributed by atoms with Crippen LogP contribution in [-0.4, -0.2) is 16.8 Å². The number of carbonyl (C=O) groups is 1. The lowest BCUT2D eigenvalue weighted by molar-refractivity contribution is -0.115. The summed E-state index contributed by atoms with van der Waals surface area (Å²) >= 11 is 1.53. The number of hydrogen-bond acceptors (Lipinski definition) is 3. The maximum atomic E-state index is 12.1. The molecule has 1 amide bonds. The van der Waals surface area contributed by atoms with E-state index < -0.39 is 0 Å². The maximum absolute atomic E-state index is 12.1. The van der Waals surface area contributed by atoms with E-state index in [0.29, 0.717) is 5.75 Å². The number of aryl methyl sites for hydroxylation is 2. The number of amidine groups is 1. The zero-order chi connectivity index (χ0) is 12.6. The Hall–Kier alpha value is -1.81. The van der Waals surface area contributed by atoms with E-state index in [2.05, 4.69) is 29.3 Å². The molecule has 0 unspecified atom stereocenters. The van der Waals surface area contributed by atoms with Crippen molar-refractivity contribution in [2.75, 3.05) is 10.7 Å². The van der Waals surface area contributed by atoms with Gasteiger partial charge in [0.25, 0.3) is 0 Å². The van der Waals surface area contributed by atoms with E-state index in [0.717, 1.165) is 29.4 Å². The molecular weight excluding hydrogens is 256 g/mol. The first-order valence-electron chi connectivity index (χ1n) is 6.45. The molecule has 2 heterocycles. The Morgan fingerprint density at radius 2 is 1.84 bits per heavy atom. The first-order valence-corrected chi connectivity index (χ1v) is 7.43. The number of nitrogens with zero attached hydrogens (tertiary/aromatic N) is 2. The predicted molar refractivity (Wildman–Crippen MR) is 78.4 cm³/mol. The standard InChI is InChI=1S/C15H10N2OS/c18-12-7-19-15-16-10-5-3-8-1-2-9-4-6-11(17(12)15)14(10)13(8)9/h3-6H,1-2,7H2. The molecule has 3 aliphatic rings. The van der Waals surface area contributed by atoms with E-state index in [4.69, 9.17) is 0 Å². The molecule has 0 radical (unpaired) electrons. The van der Waals surface area contributed by atoms with Crippen molar-refractivity contribution in [3.8, 4) is 0 Å². The summed E-state index contributed by atoms with van der Waals surface area (Å²) in [5.74, 6) is 0.649. The number of fused-ring (bicyclic) bond motifs is 2. The third-order valence-corrected chi connectivity index (χ3v) is 5.10. The van der Waals surface area contributed by atoms with Crippen LogP contribution in [0.3, 0.4) is 0 Å². The van der Waals surface area contributed by atoms with Gasteiger partial charge < -0.3 is 0 Å². The highest BCUT2D eigenvalue weighted by Crippen LogP contribution is 2.46. The summed E-state index contributed by atoms with van der Waals surface area (Å²) in [6, 6.07) is 8.56. The number of amides is 1. The SMILES string of the molecule is O=C1CSC2=Nc3ccc4c5c(ccc(c35)N12)CC4. The van der Waals surface area contributed by atoms with Crippen LogP contribution in [0, 0.1) is 0 Å². The summed E-state index contributed by atoms with van der Waals surface area (Å²) in [5.41, 5.74) is 4.84. The molecule has 0 bridgehead atoms. The predicted octanol–water partition coefficient (Wildman–Crippen LogP) is 3.02. The van der Waals surface area contributed by atoms with E-state index in [-0.39, 0.29) is 5.91 Å². The molecule has 3 nitrogen and oxygen atoms in total. The highest BCUT2D eigenvalue weighted by Gasteiger charge is 2.35. The van der Waals surface area contributed by atoms with Gasteiger partial charge in [0, 0.05) is 5.39 Å². The normalized spacial score (nSPS) is 19.1. The minimum absolute atomic E-state index is 0.146. The molecule has 0 atom stereocenters. The number of hydrogen-bond donors (Lipinski definition) is 0. The van der Waals surface area contributed by atoms with Crippen molar-refractivity contribution in [2.24, 2.45) is 4.99 Å². The molecule has 0 saturated carbocycles. The number of rotatable bonds is 0. The fourth-order valence-corrected chi connectivity index (χ4v) is 4.23. The van der Waals surface area contributed by atoms with E-state index in [9.17, 15) is 4.79 Å². The molecule has 19 heavy (non-hydrogen) atoms. The molecule has 2 aromatic carbocycles. The molecule has 2 aliphatic heterocycles. The minimum Gasteiger partial charge on any atom is -0.273 e. The van der Waals surface area contributed by atoms with Gasteiger partial charge in [0.05, 0.1) is 17.1 Å². The summed E-state index contributed by atoms with van der Waals surface area (Å²) in [6.45, 7) is 0. The quantitative estimate of drug-likeness (QED) is 0.734. The van der Waals surface area contributed by atoms with Crippen LogP contribution in [0.25, 0.3) is 10.8 Å². The molecule has 92 valence electrons. The van der Waals surface area contributed by atoms with Gasteiger partial charge in [0.2, 0.25) is 5.91 Å². The highest BCUT2D eigenvalue weighted by atomic mass is 32.2. The summed E-state index contributed by atoms with van der Waals surface area (Å²) in [6.07, 6.45) is 2.21. The van der Waals surface area contributed by atoms with Gasteiger partial charge in [0.15, 0.2) is 5.17 Å². The topological polar surface area (TPSA) is 32.7 Å². The number of aliphatic imine (C=N–C) groups is 1. The first-order chi connectivity index (χ1) is 9.33. The lowest BCUT2D eigenvalue weighted by atomic mass is 10.00. The summed E-state index contributed by atoms with van der Waals surface area (Å²) < 4.78 is 0. The van der Waals surface area contributed by atoms with Gasteiger partial charge >= 0.3 is 0 Å². The smallest absolute Gasteiger partial charge is 0.243 e. The number of carbonyl (C=O) groups excluding carboxylic acids is 1.